The molecule has 270 valence electrons. The standard InChI is InChI=1S/C41H66N2O5/c1-26(2)27-16-21-41(36(48)42-24-10-8-9-13-33(45)43-25-11-12-29(43)35(46)47)23-22-39(6)28(34(27)41)14-15-31-38(5)19-18-32(44)37(3,4)30(38)17-20-40(31,39)7/h27-32,34,44H,1,8-25H2,2-7H3,(H,42,48)(H,46,47)/t27-,28+,29-,30-,31+,32-,34+,38-,39+,40+,41-/m0/s1. The van der Waals surface area contributed by atoms with Gasteiger partial charge in [-0.3, -0.25) is 9.59 Å². The molecule has 0 aromatic heterocycles. The predicted molar refractivity (Wildman–Crippen MR) is 189 cm³/mol. The second-order valence-electron chi connectivity index (χ2n) is 18.9. The topological polar surface area (TPSA) is 107 Å². The number of nitrogens with zero attached hydrogens (tertiary/aromatic N) is 1. The lowest BCUT2D eigenvalue weighted by atomic mass is 9.32. The van der Waals surface area contributed by atoms with Crippen LogP contribution in [0.5, 0.6) is 0 Å². The van der Waals surface area contributed by atoms with Gasteiger partial charge >= 0.3 is 5.97 Å². The fraction of sp³-hybridized carbons (Fsp3) is 0.878. The zero-order chi connectivity index (χ0) is 34.9. The number of hydrogen-bond acceptors (Lipinski definition) is 4. The summed E-state index contributed by atoms with van der Waals surface area (Å²) in [6, 6.07) is -0.667. The van der Waals surface area contributed by atoms with Crippen LogP contribution in [0.1, 0.15) is 144 Å². The molecule has 48 heavy (non-hydrogen) atoms. The molecule has 5 saturated carbocycles. The Balaban J connectivity index is 1.13. The lowest BCUT2D eigenvalue weighted by molar-refractivity contribution is -0.246. The minimum atomic E-state index is -0.900. The highest BCUT2D eigenvalue weighted by molar-refractivity contribution is 5.84. The van der Waals surface area contributed by atoms with E-state index in [9.17, 15) is 24.6 Å². The van der Waals surface area contributed by atoms with Gasteiger partial charge in [0.25, 0.3) is 0 Å². The van der Waals surface area contributed by atoms with Gasteiger partial charge in [-0.15, -0.1) is 0 Å². The first kappa shape index (κ1) is 35.9. The Kier molecular flexibility index (Phi) is 9.51. The molecule has 0 aromatic carbocycles. The Bertz CT molecular complexity index is 1300. The molecule has 0 spiro atoms. The fourth-order valence-corrected chi connectivity index (χ4v) is 13.9. The van der Waals surface area contributed by atoms with Crippen LogP contribution in [-0.2, 0) is 14.4 Å². The Morgan fingerprint density at radius 2 is 1.58 bits per heavy atom. The van der Waals surface area contributed by atoms with Crippen molar-refractivity contribution in [1.82, 2.24) is 10.2 Å². The van der Waals surface area contributed by atoms with Gasteiger partial charge in [0.15, 0.2) is 0 Å². The van der Waals surface area contributed by atoms with Gasteiger partial charge in [0.05, 0.1) is 11.5 Å². The zero-order valence-electron chi connectivity index (χ0n) is 31.0. The summed E-state index contributed by atoms with van der Waals surface area (Å²) in [5.41, 5.74) is 1.52. The zero-order valence-corrected chi connectivity index (χ0v) is 31.0. The first-order valence-electron chi connectivity index (χ1n) is 19.7. The van der Waals surface area contributed by atoms with E-state index in [2.05, 4.69) is 53.4 Å². The summed E-state index contributed by atoms with van der Waals surface area (Å²) >= 11 is 0. The SMILES string of the molecule is C=C(C)[C@@H]1CC[C@]2(C(=O)NCCCCCC(=O)N3CCC[C@H]3C(=O)O)CC[C@]3(C)[C@H](CC[C@@H]4[C@@]5(C)CC[C@H](O)C(C)(C)[C@@H]5CC[C@]43C)[C@@H]12. The number of unbranched alkanes of at least 4 members (excludes halogenated alkanes) is 2. The number of carbonyl (C=O) groups is 3. The van der Waals surface area contributed by atoms with Crippen LogP contribution in [0.25, 0.3) is 0 Å². The summed E-state index contributed by atoms with van der Waals surface area (Å²) in [4.78, 5) is 40.1. The highest BCUT2D eigenvalue weighted by Gasteiger charge is 2.71. The molecule has 11 atom stereocenters. The van der Waals surface area contributed by atoms with Crippen molar-refractivity contribution in [3.63, 3.8) is 0 Å². The second kappa shape index (κ2) is 12.7. The van der Waals surface area contributed by atoms with E-state index in [1.54, 1.807) is 4.90 Å². The number of rotatable bonds is 9. The highest BCUT2D eigenvalue weighted by atomic mass is 16.4. The van der Waals surface area contributed by atoms with Crippen LogP contribution in [-0.4, -0.2) is 58.1 Å². The molecule has 2 amide bonds. The van der Waals surface area contributed by atoms with E-state index in [-0.39, 0.29) is 45.0 Å². The molecule has 1 heterocycles. The number of carbonyl (C=O) groups excluding carboxylic acids is 2. The lowest BCUT2D eigenvalue weighted by Crippen LogP contribution is -2.67. The number of fused-ring (bicyclic) bond motifs is 7. The summed E-state index contributed by atoms with van der Waals surface area (Å²) in [5.74, 6) is 1.73. The number of likely N-dealkylation sites (tertiary alicyclic amines) is 1. The van der Waals surface area contributed by atoms with Crippen LogP contribution in [0.3, 0.4) is 0 Å². The molecule has 6 fully saturated rings. The normalized spacial score (nSPS) is 44.6. The van der Waals surface area contributed by atoms with Crippen molar-refractivity contribution >= 4 is 17.8 Å². The average Bonchev–Trinajstić information content (AvgIpc) is 3.68. The Morgan fingerprint density at radius 3 is 2.29 bits per heavy atom. The molecule has 0 bridgehead atoms. The van der Waals surface area contributed by atoms with Gasteiger partial charge in [0, 0.05) is 19.5 Å². The van der Waals surface area contributed by atoms with Crippen molar-refractivity contribution in [3.05, 3.63) is 12.2 Å². The van der Waals surface area contributed by atoms with E-state index in [0.717, 1.165) is 64.2 Å². The van der Waals surface area contributed by atoms with Crippen LogP contribution >= 0.6 is 0 Å². The van der Waals surface area contributed by atoms with Crippen molar-refractivity contribution in [1.29, 1.82) is 0 Å². The minimum absolute atomic E-state index is 0.0464. The number of allylic oxidation sites excluding steroid dienone is 1. The third-order valence-electron chi connectivity index (χ3n) is 16.7. The maximum Gasteiger partial charge on any atom is 0.326 e. The molecule has 1 aliphatic heterocycles. The monoisotopic (exact) mass is 666 g/mol. The molecule has 0 radical (unpaired) electrons. The van der Waals surface area contributed by atoms with Crippen LogP contribution < -0.4 is 5.32 Å². The number of hydrogen-bond donors (Lipinski definition) is 3. The van der Waals surface area contributed by atoms with Gasteiger partial charge in [-0.2, -0.15) is 0 Å². The largest absolute Gasteiger partial charge is 0.480 e. The van der Waals surface area contributed by atoms with Gasteiger partial charge in [-0.25, -0.2) is 4.79 Å². The van der Waals surface area contributed by atoms with Gasteiger partial charge in [0.2, 0.25) is 11.8 Å². The third kappa shape index (κ3) is 5.32. The van der Waals surface area contributed by atoms with Crippen molar-refractivity contribution in [3.8, 4) is 0 Å². The molecule has 6 aliphatic rings. The van der Waals surface area contributed by atoms with Gasteiger partial charge < -0.3 is 20.4 Å². The molecular formula is C41H66N2O5. The van der Waals surface area contributed by atoms with Crippen molar-refractivity contribution < 1.29 is 24.6 Å². The Hall–Kier alpha value is -1.89. The Labute approximate surface area is 290 Å². The fourth-order valence-electron chi connectivity index (χ4n) is 13.9. The van der Waals surface area contributed by atoms with Gasteiger partial charge in [-0.1, -0.05) is 53.2 Å². The van der Waals surface area contributed by atoms with Crippen molar-refractivity contribution in [2.75, 3.05) is 13.1 Å². The van der Waals surface area contributed by atoms with Crippen LogP contribution in [0.4, 0.5) is 0 Å². The molecule has 3 N–H and O–H groups in total. The van der Waals surface area contributed by atoms with E-state index in [0.29, 0.717) is 55.5 Å². The molecule has 7 nitrogen and oxygen atoms in total. The molecule has 0 aromatic rings. The van der Waals surface area contributed by atoms with E-state index in [4.69, 9.17) is 0 Å². The lowest BCUT2D eigenvalue weighted by Gasteiger charge is -2.72. The summed E-state index contributed by atoms with van der Waals surface area (Å²) in [5, 5.41) is 23.9. The first-order chi connectivity index (χ1) is 22.5. The molecular weight excluding hydrogens is 600 g/mol. The smallest absolute Gasteiger partial charge is 0.326 e. The van der Waals surface area contributed by atoms with Crippen molar-refractivity contribution in [2.24, 2.45) is 56.7 Å². The van der Waals surface area contributed by atoms with Gasteiger partial charge in [-0.05, 0) is 148 Å². The number of carboxylic acids is 1. The molecule has 6 rings (SSSR count). The number of aliphatic hydroxyl groups excluding tert-OH is 1. The summed E-state index contributed by atoms with van der Waals surface area (Å²) in [7, 11) is 0. The molecule has 7 heteroatoms. The minimum Gasteiger partial charge on any atom is -0.480 e. The van der Waals surface area contributed by atoms with Crippen LogP contribution in [0.15, 0.2) is 12.2 Å². The van der Waals surface area contributed by atoms with E-state index in [1.165, 1.54) is 31.3 Å². The van der Waals surface area contributed by atoms with E-state index >= 15 is 0 Å². The molecule has 1 saturated heterocycles. The number of aliphatic carboxylic acids is 1. The number of carboxylic acid groups (broad SMARTS) is 1. The highest BCUT2D eigenvalue weighted by Crippen LogP contribution is 2.77. The molecule has 0 unspecified atom stereocenters. The number of amides is 2. The summed E-state index contributed by atoms with van der Waals surface area (Å²) < 4.78 is 0. The van der Waals surface area contributed by atoms with Crippen LogP contribution in [0, 0.1) is 56.7 Å². The average molecular weight is 667 g/mol. The summed E-state index contributed by atoms with van der Waals surface area (Å²) in [6.45, 7) is 20.4. The first-order valence-corrected chi connectivity index (χ1v) is 19.7. The quantitative estimate of drug-likeness (QED) is 0.172. The van der Waals surface area contributed by atoms with E-state index < -0.39 is 12.0 Å². The number of aliphatic hydroxyl groups is 1. The molecule has 5 aliphatic carbocycles. The maximum atomic E-state index is 14.4. The predicted octanol–water partition coefficient (Wildman–Crippen LogP) is 7.76. The Morgan fingerprint density at radius 1 is 0.833 bits per heavy atom. The van der Waals surface area contributed by atoms with Gasteiger partial charge in [0.1, 0.15) is 6.04 Å². The number of nitrogens with one attached hydrogen (secondary N) is 1. The second-order valence-corrected chi connectivity index (χ2v) is 18.9. The third-order valence-corrected chi connectivity index (χ3v) is 16.7. The van der Waals surface area contributed by atoms with Crippen LogP contribution in [0.2, 0.25) is 0 Å². The van der Waals surface area contributed by atoms with E-state index in [1.807, 2.05) is 0 Å². The maximum absolute atomic E-state index is 14.4. The summed E-state index contributed by atoms with van der Waals surface area (Å²) in [6.07, 6.45) is 14.8. The van der Waals surface area contributed by atoms with Crippen molar-refractivity contribution in [2.45, 2.75) is 156 Å².